The molecule has 26 heavy (non-hydrogen) atoms. The van der Waals surface area contributed by atoms with Crippen molar-refractivity contribution in [3.8, 4) is 0 Å². The quantitative estimate of drug-likeness (QED) is 0.888. The molecule has 2 aliphatic carbocycles. The Morgan fingerprint density at radius 3 is 2.46 bits per heavy atom. The highest BCUT2D eigenvalue weighted by atomic mass is 19.4. The predicted molar refractivity (Wildman–Crippen MR) is 87.0 cm³/mol. The summed E-state index contributed by atoms with van der Waals surface area (Å²) in [4.78, 5) is 14.2. The molecule has 2 heterocycles. The number of nitrogens with zero attached hydrogens (tertiary/aromatic N) is 3. The number of alkyl halides is 3. The average Bonchev–Trinajstić information content (AvgIpc) is 2.77. The van der Waals surface area contributed by atoms with Crippen molar-refractivity contribution >= 4 is 5.91 Å². The minimum atomic E-state index is -4.41. The van der Waals surface area contributed by atoms with Crippen LogP contribution in [0.3, 0.4) is 0 Å². The van der Waals surface area contributed by atoms with Crippen LogP contribution in [0.15, 0.2) is 6.20 Å². The van der Waals surface area contributed by atoms with E-state index in [0.717, 1.165) is 12.8 Å². The molecule has 4 rings (SSSR count). The van der Waals surface area contributed by atoms with Gasteiger partial charge in [0.05, 0.1) is 5.60 Å². The average molecular weight is 371 g/mol. The Morgan fingerprint density at radius 2 is 1.92 bits per heavy atom. The van der Waals surface area contributed by atoms with Crippen molar-refractivity contribution in [3.05, 3.63) is 17.5 Å². The third-order valence-corrected chi connectivity index (χ3v) is 6.21. The Morgan fingerprint density at radius 1 is 1.31 bits per heavy atom. The Kier molecular flexibility index (Phi) is 3.75. The van der Waals surface area contributed by atoms with E-state index in [9.17, 15) is 23.1 Å². The molecule has 3 aliphatic rings. The van der Waals surface area contributed by atoms with Gasteiger partial charge in [0.2, 0.25) is 5.91 Å². The molecule has 144 valence electrons. The van der Waals surface area contributed by atoms with Crippen molar-refractivity contribution in [2.24, 2.45) is 24.3 Å². The highest BCUT2D eigenvalue weighted by molar-refractivity contribution is 5.81. The highest BCUT2D eigenvalue weighted by Crippen LogP contribution is 2.54. The molecule has 0 radical (unpaired) electrons. The summed E-state index contributed by atoms with van der Waals surface area (Å²) in [5, 5.41) is 13.3. The third kappa shape index (κ3) is 3.02. The van der Waals surface area contributed by atoms with Crippen molar-refractivity contribution in [2.75, 3.05) is 13.1 Å². The zero-order valence-corrected chi connectivity index (χ0v) is 15.0. The first-order valence-corrected chi connectivity index (χ1v) is 9.07. The van der Waals surface area contributed by atoms with E-state index in [0.29, 0.717) is 32.4 Å². The molecule has 1 aliphatic heterocycles. The maximum absolute atomic E-state index is 13.0. The van der Waals surface area contributed by atoms with E-state index < -0.39 is 17.5 Å². The van der Waals surface area contributed by atoms with Gasteiger partial charge >= 0.3 is 6.18 Å². The van der Waals surface area contributed by atoms with Gasteiger partial charge in [-0.3, -0.25) is 9.48 Å². The molecular weight excluding hydrogens is 347 g/mol. The topological polar surface area (TPSA) is 58.4 Å². The summed E-state index contributed by atoms with van der Waals surface area (Å²) in [6.07, 6.45) is 0.230. The number of hydrogen-bond donors (Lipinski definition) is 1. The van der Waals surface area contributed by atoms with Gasteiger partial charge in [0, 0.05) is 43.2 Å². The number of aryl methyl sites for hydroxylation is 1. The predicted octanol–water partition coefficient (Wildman–Crippen LogP) is 2.38. The first kappa shape index (κ1) is 17.8. The van der Waals surface area contributed by atoms with Crippen LogP contribution in [0.25, 0.3) is 0 Å². The van der Waals surface area contributed by atoms with E-state index in [2.05, 4.69) is 5.10 Å². The summed E-state index contributed by atoms with van der Waals surface area (Å²) in [5.74, 6) is 0.280. The lowest BCUT2D eigenvalue weighted by molar-refractivity contribution is -0.171. The summed E-state index contributed by atoms with van der Waals surface area (Å²) in [6, 6.07) is 0. The van der Waals surface area contributed by atoms with Gasteiger partial charge < -0.3 is 10.0 Å². The lowest BCUT2D eigenvalue weighted by atomic mass is 9.56. The van der Waals surface area contributed by atoms with Crippen LogP contribution in [0.2, 0.25) is 0 Å². The largest absolute Gasteiger partial charge is 0.435 e. The molecule has 1 spiro atoms. The van der Waals surface area contributed by atoms with Gasteiger partial charge in [-0.25, -0.2) is 0 Å². The molecule has 3 fully saturated rings. The van der Waals surface area contributed by atoms with E-state index in [1.807, 2.05) is 4.90 Å². The van der Waals surface area contributed by atoms with Crippen LogP contribution in [0.5, 0.6) is 0 Å². The van der Waals surface area contributed by atoms with Crippen LogP contribution in [0.4, 0.5) is 13.2 Å². The fourth-order valence-electron chi connectivity index (χ4n) is 5.16. The van der Waals surface area contributed by atoms with Gasteiger partial charge in [0.15, 0.2) is 5.69 Å². The molecule has 1 aromatic heterocycles. The van der Waals surface area contributed by atoms with Gasteiger partial charge in [-0.1, -0.05) is 0 Å². The number of rotatable bonds is 3. The van der Waals surface area contributed by atoms with E-state index in [4.69, 9.17) is 0 Å². The van der Waals surface area contributed by atoms with Gasteiger partial charge in [0.25, 0.3) is 0 Å². The first-order valence-electron chi connectivity index (χ1n) is 9.07. The summed E-state index contributed by atoms with van der Waals surface area (Å²) in [5.41, 5.74) is -1.11. The lowest BCUT2D eigenvalue weighted by Gasteiger charge is -2.60. The minimum absolute atomic E-state index is 0.0667. The van der Waals surface area contributed by atoms with E-state index in [1.165, 1.54) is 17.9 Å². The van der Waals surface area contributed by atoms with Crippen molar-refractivity contribution in [1.82, 2.24) is 14.7 Å². The van der Waals surface area contributed by atoms with Crippen molar-refractivity contribution < 1.29 is 23.1 Å². The van der Waals surface area contributed by atoms with Crippen LogP contribution < -0.4 is 0 Å². The van der Waals surface area contributed by atoms with Crippen LogP contribution >= 0.6 is 0 Å². The lowest BCUT2D eigenvalue weighted by Crippen LogP contribution is -2.66. The summed E-state index contributed by atoms with van der Waals surface area (Å²) < 4.78 is 40.3. The van der Waals surface area contributed by atoms with Crippen LogP contribution in [-0.4, -0.2) is 44.4 Å². The number of aliphatic hydroxyl groups is 1. The molecule has 1 aromatic rings. The summed E-state index contributed by atoms with van der Waals surface area (Å²) in [6.45, 7) is 3.17. The molecule has 1 saturated heterocycles. The van der Waals surface area contributed by atoms with Crippen LogP contribution in [0, 0.1) is 17.3 Å². The zero-order chi connectivity index (χ0) is 18.9. The molecule has 2 saturated carbocycles. The number of carbonyl (C=O) groups excluding carboxylic acids is 1. The Balaban J connectivity index is 1.28. The van der Waals surface area contributed by atoms with Crippen LogP contribution in [0.1, 0.15) is 43.9 Å². The van der Waals surface area contributed by atoms with Gasteiger partial charge in [-0.15, -0.1) is 0 Å². The third-order valence-electron chi connectivity index (χ3n) is 6.21. The standard InChI is InChI=1S/C18H24F3N3O2/c1-16(26)6-13(7-16)15(25)24-9-17(10-24)4-11(5-17)3-12-8-23(2)22-14(12)18(19,20)21/h8,11,13,26H,3-7,9-10H2,1-2H3/t13-,16+. The van der Waals surface area contributed by atoms with E-state index in [1.54, 1.807) is 6.92 Å². The van der Waals surface area contributed by atoms with Gasteiger partial charge in [0.1, 0.15) is 0 Å². The molecule has 1 N–H and O–H groups in total. The number of carbonyl (C=O) groups is 1. The second-order valence-electron chi connectivity index (χ2n) is 8.95. The Bertz CT molecular complexity index is 719. The van der Waals surface area contributed by atoms with Gasteiger partial charge in [-0.05, 0) is 44.9 Å². The molecule has 5 nitrogen and oxygen atoms in total. The fraction of sp³-hybridized carbons (Fsp3) is 0.778. The Hall–Kier alpha value is -1.57. The molecule has 0 atom stereocenters. The monoisotopic (exact) mass is 371 g/mol. The van der Waals surface area contributed by atoms with Crippen molar-refractivity contribution in [1.29, 1.82) is 0 Å². The van der Waals surface area contributed by atoms with Crippen molar-refractivity contribution in [2.45, 2.75) is 50.8 Å². The van der Waals surface area contributed by atoms with E-state index >= 15 is 0 Å². The normalized spacial score (nSPS) is 30.7. The first-order chi connectivity index (χ1) is 12.0. The number of aromatic nitrogens is 2. The van der Waals surface area contributed by atoms with E-state index in [-0.39, 0.29) is 28.7 Å². The second kappa shape index (κ2) is 5.47. The second-order valence-corrected chi connectivity index (χ2v) is 8.95. The SMILES string of the molecule is Cn1cc(CC2CC3(C2)CN(C(=O)[C@H]2C[C@@](C)(O)C2)C3)c(C(F)(F)F)n1. The number of amides is 1. The number of likely N-dealkylation sites (tertiary alicyclic amines) is 1. The zero-order valence-electron chi connectivity index (χ0n) is 15.0. The Labute approximate surface area is 150 Å². The smallest absolute Gasteiger partial charge is 0.390 e. The van der Waals surface area contributed by atoms with Crippen molar-refractivity contribution in [3.63, 3.8) is 0 Å². The maximum atomic E-state index is 13.0. The highest BCUT2D eigenvalue weighted by Gasteiger charge is 2.55. The molecule has 0 aromatic carbocycles. The molecule has 0 bridgehead atoms. The molecule has 1 amide bonds. The fourth-order valence-corrected chi connectivity index (χ4v) is 5.16. The maximum Gasteiger partial charge on any atom is 0.435 e. The number of halogens is 3. The summed E-state index contributed by atoms with van der Waals surface area (Å²) in [7, 11) is 1.51. The summed E-state index contributed by atoms with van der Waals surface area (Å²) >= 11 is 0. The number of hydrogen-bond acceptors (Lipinski definition) is 3. The molecular formula is C18H24F3N3O2. The minimum Gasteiger partial charge on any atom is -0.390 e. The van der Waals surface area contributed by atoms with Crippen LogP contribution in [-0.2, 0) is 24.4 Å². The molecule has 0 unspecified atom stereocenters. The molecule has 8 heteroatoms. The van der Waals surface area contributed by atoms with Gasteiger partial charge in [-0.2, -0.15) is 18.3 Å².